The zero-order valence-corrected chi connectivity index (χ0v) is 17.9. The van der Waals surface area contributed by atoms with Gasteiger partial charge in [0.05, 0.1) is 12.1 Å². The van der Waals surface area contributed by atoms with Gasteiger partial charge >= 0.3 is 5.97 Å². The van der Waals surface area contributed by atoms with Gasteiger partial charge < -0.3 is 14.7 Å². The lowest BCUT2D eigenvalue weighted by Gasteiger charge is -2.09. The first-order chi connectivity index (χ1) is 15.1. The third-order valence-corrected chi connectivity index (χ3v) is 4.88. The molecule has 0 aliphatic heterocycles. The molecule has 3 aromatic carbocycles. The van der Waals surface area contributed by atoms with Crippen molar-refractivity contribution in [2.45, 2.75) is 26.7 Å². The number of hydrogen-bond donors (Lipinski definition) is 1. The van der Waals surface area contributed by atoms with Crippen LogP contribution in [0.2, 0.25) is 0 Å². The van der Waals surface area contributed by atoms with E-state index in [-0.39, 0.29) is 6.42 Å². The van der Waals surface area contributed by atoms with Crippen molar-refractivity contribution in [2.24, 2.45) is 5.16 Å². The molecule has 160 valence electrons. The molecule has 0 aliphatic rings. The zero-order chi connectivity index (χ0) is 22.1. The second-order valence-corrected chi connectivity index (χ2v) is 7.18. The summed E-state index contributed by atoms with van der Waals surface area (Å²) >= 11 is 0. The van der Waals surface area contributed by atoms with Gasteiger partial charge in [-0.1, -0.05) is 72.7 Å². The van der Waals surface area contributed by atoms with Crippen LogP contribution in [0.1, 0.15) is 30.0 Å². The van der Waals surface area contributed by atoms with Crippen molar-refractivity contribution in [3.8, 4) is 16.9 Å². The number of carboxylic acids is 1. The lowest BCUT2D eigenvalue weighted by atomic mass is 9.98. The Balaban J connectivity index is 1.54. The van der Waals surface area contributed by atoms with Gasteiger partial charge in [0, 0.05) is 0 Å². The fourth-order valence-corrected chi connectivity index (χ4v) is 3.30. The molecule has 0 amide bonds. The molecule has 5 nitrogen and oxygen atoms in total. The first-order valence-corrected chi connectivity index (χ1v) is 10.4. The topological polar surface area (TPSA) is 68.1 Å². The van der Waals surface area contributed by atoms with E-state index in [1.54, 1.807) is 24.3 Å². The van der Waals surface area contributed by atoms with Crippen molar-refractivity contribution < 1.29 is 19.5 Å². The highest BCUT2D eigenvalue weighted by Gasteiger charge is 2.06. The molecule has 0 atom stereocenters. The van der Waals surface area contributed by atoms with E-state index in [1.165, 1.54) is 16.7 Å². The van der Waals surface area contributed by atoms with Crippen LogP contribution in [-0.4, -0.2) is 30.0 Å². The molecule has 0 spiro atoms. The molecule has 0 fully saturated rings. The van der Waals surface area contributed by atoms with E-state index in [9.17, 15) is 4.79 Å². The van der Waals surface area contributed by atoms with Crippen LogP contribution < -0.4 is 4.74 Å². The highest BCUT2D eigenvalue weighted by Crippen LogP contribution is 2.23. The lowest BCUT2D eigenvalue weighted by Crippen LogP contribution is -2.07. The van der Waals surface area contributed by atoms with Gasteiger partial charge in [-0.2, -0.15) is 0 Å². The summed E-state index contributed by atoms with van der Waals surface area (Å²) in [5.41, 5.74) is 6.26. The molecule has 0 aromatic heterocycles. The van der Waals surface area contributed by atoms with E-state index in [1.807, 2.05) is 19.1 Å². The van der Waals surface area contributed by atoms with E-state index in [4.69, 9.17) is 14.7 Å². The van der Waals surface area contributed by atoms with Crippen molar-refractivity contribution in [2.75, 3.05) is 13.2 Å². The predicted octanol–water partition coefficient (Wildman–Crippen LogP) is 5.50. The highest BCUT2D eigenvalue weighted by molar-refractivity contribution is 6.00. The summed E-state index contributed by atoms with van der Waals surface area (Å²) in [5, 5.41) is 13.2. The Morgan fingerprint density at radius 2 is 1.74 bits per heavy atom. The quantitative estimate of drug-likeness (QED) is 0.269. The van der Waals surface area contributed by atoms with Crippen LogP contribution in [0.25, 0.3) is 11.1 Å². The second kappa shape index (κ2) is 11.0. The van der Waals surface area contributed by atoms with Gasteiger partial charge in [0.25, 0.3) is 0 Å². The minimum Gasteiger partial charge on any atom is -0.490 e. The normalized spacial score (nSPS) is 11.2. The Labute approximate surface area is 182 Å². The van der Waals surface area contributed by atoms with Gasteiger partial charge in [-0.25, -0.2) is 0 Å². The molecule has 0 aliphatic carbocycles. The summed E-state index contributed by atoms with van der Waals surface area (Å²) in [5.74, 6) is -0.248. The van der Waals surface area contributed by atoms with Crippen molar-refractivity contribution in [3.05, 3.63) is 89.5 Å². The first-order valence-electron chi connectivity index (χ1n) is 10.4. The highest BCUT2D eigenvalue weighted by atomic mass is 16.6. The maximum atomic E-state index is 10.8. The van der Waals surface area contributed by atoms with Crippen LogP contribution in [-0.2, 0) is 16.1 Å². The molecule has 3 aromatic rings. The van der Waals surface area contributed by atoms with Crippen LogP contribution in [0.4, 0.5) is 0 Å². The van der Waals surface area contributed by atoms with Crippen molar-refractivity contribution in [3.63, 3.8) is 0 Å². The third kappa shape index (κ3) is 6.44. The Kier molecular flexibility index (Phi) is 7.82. The third-order valence-electron chi connectivity index (χ3n) is 4.88. The number of aliphatic carboxylic acids is 1. The zero-order valence-electron chi connectivity index (χ0n) is 17.9. The van der Waals surface area contributed by atoms with Crippen molar-refractivity contribution in [1.82, 2.24) is 0 Å². The maximum Gasteiger partial charge on any atom is 0.307 e. The van der Waals surface area contributed by atoms with Crippen LogP contribution >= 0.6 is 0 Å². The van der Waals surface area contributed by atoms with Gasteiger partial charge in [0.1, 0.15) is 12.4 Å². The van der Waals surface area contributed by atoms with Crippen LogP contribution in [0.5, 0.6) is 5.75 Å². The van der Waals surface area contributed by atoms with Crippen molar-refractivity contribution in [1.29, 1.82) is 0 Å². The number of rotatable bonds is 10. The monoisotopic (exact) mass is 417 g/mol. The molecule has 0 saturated heterocycles. The first kappa shape index (κ1) is 22.1. The Bertz CT molecular complexity index is 1040. The SMILES string of the molecule is CC/C(=N\OCCOc1cccc(CC(=O)O)c1)c1ccc(-c2ccccc2C)cc1. The standard InChI is InChI=1S/C26H27NO4/c1-3-25(22-13-11-21(12-14-22)24-10-5-4-7-19(24)2)27-31-16-15-30-23-9-6-8-20(17-23)18-26(28)29/h4-14,17H,3,15-16,18H2,1-2H3,(H,28,29)/b27-25+. The van der Waals surface area contributed by atoms with E-state index in [0.29, 0.717) is 24.5 Å². The number of carbonyl (C=O) groups is 1. The Morgan fingerprint density at radius 1 is 0.968 bits per heavy atom. The summed E-state index contributed by atoms with van der Waals surface area (Å²) in [7, 11) is 0. The van der Waals surface area contributed by atoms with E-state index >= 15 is 0 Å². The molecule has 31 heavy (non-hydrogen) atoms. The predicted molar refractivity (Wildman–Crippen MR) is 123 cm³/mol. The average molecular weight is 418 g/mol. The molecule has 0 heterocycles. The van der Waals surface area contributed by atoms with Crippen LogP contribution in [0.3, 0.4) is 0 Å². The summed E-state index contributed by atoms with van der Waals surface area (Å²) < 4.78 is 5.64. The van der Waals surface area contributed by atoms with E-state index in [0.717, 1.165) is 17.7 Å². The molecule has 1 N–H and O–H groups in total. The maximum absolute atomic E-state index is 10.8. The fourth-order valence-electron chi connectivity index (χ4n) is 3.30. The van der Waals surface area contributed by atoms with E-state index < -0.39 is 5.97 Å². The van der Waals surface area contributed by atoms with Crippen molar-refractivity contribution >= 4 is 11.7 Å². The smallest absolute Gasteiger partial charge is 0.307 e. The molecule has 0 bridgehead atoms. The number of carboxylic acid groups (broad SMARTS) is 1. The summed E-state index contributed by atoms with van der Waals surface area (Å²) in [6, 6.07) is 23.7. The number of nitrogens with zero attached hydrogens (tertiary/aromatic N) is 1. The fraction of sp³-hybridized carbons (Fsp3) is 0.231. The van der Waals surface area contributed by atoms with Gasteiger partial charge in [-0.05, 0) is 53.3 Å². The largest absolute Gasteiger partial charge is 0.490 e. The molecule has 0 saturated carbocycles. The van der Waals surface area contributed by atoms with Gasteiger partial charge in [0.2, 0.25) is 0 Å². The minimum absolute atomic E-state index is 0.0273. The van der Waals surface area contributed by atoms with Gasteiger partial charge in [-0.3, -0.25) is 4.79 Å². The minimum atomic E-state index is -0.867. The lowest BCUT2D eigenvalue weighted by molar-refractivity contribution is -0.136. The second-order valence-electron chi connectivity index (χ2n) is 7.18. The van der Waals surface area contributed by atoms with Crippen LogP contribution in [0, 0.1) is 6.92 Å². The number of hydrogen-bond acceptors (Lipinski definition) is 4. The summed E-state index contributed by atoms with van der Waals surface area (Å²) in [6.45, 7) is 4.78. The molecule has 5 heteroatoms. The molecule has 0 unspecified atom stereocenters. The number of ether oxygens (including phenoxy) is 1. The van der Waals surface area contributed by atoms with Crippen LogP contribution in [0.15, 0.2) is 78.0 Å². The molecular formula is C26H27NO4. The summed E-state index contributed by atoms with van der Waals surface area (Å²) in [4.78, 5) is 16.3. The Morgan fingerprint density at radius 3 is 2.45 bits per heavy atom. The number of oxime groups is 1. The molecular weight excluding hydrogens is 390 g/mol. The average Bonchev–Trinajstić information content (AvgIpc) is 2.77. The number of benzene rings is 3. The van der Waals surface area contributed by atoms with Gasteiger partial charge in [0.15, 0.2) is 6.61 Å². The Hall–Kier alpha value is -3.60. The van der Waals surface area contributed by atoms with E-state index in [2.05, 4.69) is 48.5 Å². The molecule has 0 radical (unpaired) electrons. The number of aryl methyl sites for hydroxylation is 1. The van der Waals surface area contributed by atoms with Gasteiger partial charge in [-0.15, -0.1) is 0 Å². The molecule has 3 rings (SSSR count). The summed E-state index contributed by atoms with van der Waals surface area (Å²) in [6.07, 6.45) is 0.724.